The van der Waals surface area contributed by atoms with Crippen LogP contribution in [0.2, 0.25) is 0 Å². The van der Waals surface area contributed by atoms with Crippen LogP contribution < -0.4 is 0 Å². The summed E-state index contributed by atoms with van der Waals surface area (Å²) >= 11 is 0. The average Bonchev–Trinajstić information content (AvgIpc) is 3.64. The lowest BCUT2D eigenvalue weighted by Crippen LogP contribution is -2.28. The first-order valence-corrected chi connectivity index (χ1v) is 18.0. The molecule has 0 fully saturated rings. The molecular weight excluding hydrogens is 631 g/mol. The Labute approximate surface area is 304 Å². The van der Waals surface area contributed by atoms with E-state index < -0.39 is 5.41 Å². The van der Waals surface area contributed by atoms with Crippen LogP contribution in [0.1, 0.15) is 47.2 Å². The van der Waals surface area contributed by atoms with Gasteiger partial charge in [0.25, 0.3) is 0 Å². The number of fused-ring (bicyclic) bond motifs is 6. The molecule has 0 spiro atoms. The van der Waals surface area contributed by atoms with Crippen molar-refractivity contribution in [3.05, 3.63) is 209 Å². The summed E-state index contributed by atoms with van der Waals surface area (Å²) in [5, 5.41) is 0. The van der Waals surface area contributed by atoms with Crippen molar-refractivity contribution in [2.75, 3.05) is 0 Å². The second-order valence-corrected chi connectivity index (χ2v) is 14.4. The van der Waals surface area contributed by atoms with Crippen molar-refractivity contribution in [2.24, 2.45) is 0 Å². The van der Waals surface area contributed by atoms with Gasteiger partial charge in [-0.25, -0.2) is 15.0 Å². The number of hydrogen-bond donors (Lipinski definition) is 0. The lowest BCUT2D eigenvalue weighted by Gasteiger charge is -2.34. The van der Waals surface area contributed by atoms with E-state index in [1.807, 2.05) is 18.2 Å². The predicted molar refractivity (Wildman–Crippen MR) is 211 cm³/mol. The lowest BCUT2D eigenvalue weighted by atomic mass is 9.67. The summed E-state index contributed by atoms with van der Waals surface area (Å²) in [4.78, 5) is 15.6. The summed E-state index contributed by atoms with van der Waals surface area (Å²) in [6, 6.07) is 63.1. The Morgan fingerprint density at radius 2 is 0.731 bits per heavy atom. The molecule has 2 aliphatic carbocycles. The Morgan fingerprint density at radius 3 is 1.31 bits per heavy atom. The molecule has 0 unspecified atom stereocenters. The number of benzene rings is 7. The van der Waals surface area contributed by atoms with Gasteiger partial charge in [-0.05, 0) is 67.8 Å². The van der Waals surface area contributed by atoms with Crippen LogP contribution in [0.4, 0.5) is 0 Å². The van der Waals surface area contributed by atoms with E-state index in [-0.39, 0.29) is 5.41 Å². The Balaban J connectivity index is 1.20. The van der Waals surface area contributed by atoms with Crippen molar-refractivity contribution >= 4 is 0 Å². The van der Waals surface area contributed by atoms with Gasteiger partial charge in [-0.3, -0.25) is 0 Å². The normalized spacial score (nSPS) is 14.3. The van der Waals surface area contributed by atoms with Crippen LogP contribution in [-0.2, 0) is 10.8 Å². The summed E-state index contributed by atoms with van der Waals surface area (Å²) in [7, 11) is 0. The molecule has 1 heterocycles. The van der Waals surface area contributed by atoms with Crippen molar-refractivity contribution in [3.63, 3.8) is 0 Å². The third-order valence-corrected chi connectivity index (χ3v) is 11.2. The first-order chi connectivity index (χ1) is 25.5. The van der Waals surface area contributed by atoms with E-state index in [2.05, 4.69) is 172 Å². The molecule has 0 saturated heterocycles. The van der Waals surface area contributed by atoms with Crippen molar-refractivity contribution in [1.82, 2.24) is 15.0 Å². The standard InChI is InChI=1S/C49H35N3/c1-48(2)41-24-14-12-22-37(41)39-28-26-33(30-43(39)48)46-50-45(32-16-6-3-7-17-32)51-47(52-46)34-27-29-40-38-23-13-15-25-42(38)49(44(40)31-34,35-18-8-4-9-19-35)36-20-10-5-11-21-36/h3-31H,1-2H3. The quantitative estimate of drug-likeness (QED) is 0.184. The van der Waals surface area contributed by atoms with Gasteiger partial charge in [-0.2, -0.15) is 0 Å². The summed E-state index contributed by atoms with van der Waals surface area (Å²) in [5.41, 5.74) is 14.9. The zero-order valence-electron chi connectivity index (χ0n) is 29.1. The molecule has 0 N–H and O–H groups in total. The molecule has 0 amide bonds. The van der Waals surface area contributed by atoms with E-state index in [0.29, 0.717) is 17.5 Å². The highest BCUT2D eigenvalue weighted by atomic mass is 15.0. The molecule has 52 heavy (non-hydrogen) atoms. The number of hydrogen-bond acceptors (Lipinski definition) is 3. The molecule has 3 nitrogen and oxygen atoms in total. The molecule has 10 rings (SSSR count). The molecule has 0 aliphatic heterocycles. The van der Waals surface area contributed by atoms with Crippen molar-refractivity contribution < 1.29 is 0 Å². The molecule has 0 bridgehead atoms. The van der Waals surface area contributed by atoms with Crippen LogP contribution in [0, 0.1) is 0 Å². The smallest absolute Gasteiger partial charge is 0.164 e. The van der Waals surface area contributed by atoms with Crippen LogP contribution in [0.15, 0.2) is 176 Å². The van der Waals surface area contributed by atoms with Gasteiger partial charge in [0.05, 0.1) is 5.41 Å². The topological polar surface area (TPSA) is 38.7 Å². The summed E-state index contributed by atoms with van der Waals surface area (Å²) in [6.45, 7) is 4.62. The highest BCUT2D eigenvalue weighted by molar-refractivity contribution is 5.88. The van der Waals surface area contributed by atoms with Crippen molar-refractivity contribution in [1.29, 1.82) is 0 Å². The monoisotopic (exact) mass is 665 g/mol. The fourth-order valence-electron chi connectivity index (χ4n) is 8.78. The fourth-order valence-corrected chi connectivity index (χ4v) is 8.78. The number of aromatic nitrogens is 3. The number of nitrogens with zero attached hydrogens (tertiary/aromatic N) is 3. The summed E-state index contributed by atoms with van der Waals surface area (Å²) < 4.78 is 0. The molecule has 0 saturated carbocycles. The molecule has 0 radical (unpaired) electrons. The van der Waals surface area contributed by atoms with E-state index in [1.54, 1.807) is 0 Å². The molecule has 0 atom stereocenters. The molecule has 2 aliphatic rings. The van der Waals surface area contributed by atoms with Gasteiger partial charge >= 0.3 is 0 Å². The molecule has 246 valence electrons. The van der Waals surface area contributed by atoms with Gasteiger partial charge in [-0.1, -0.05) is 178 Å². The van der Waals surface area contributed by atoms with Gasteiger partial charge in [0, 0.05) is 22.1 Å². The predicted octanol–water partition coefficient (Wildman–Crippen LogP) is 11.5. The van der Waals surface area contributed by atoms with Gasteiger partial charge in [0.2, 0.25) is 0 Å². The van der Waals surface area contributed by atoms with Crippen LogP contribution in [0.25, 0.3) is 56.4 Å². The van der Waals surface area contributed by atoms with Gasteiger partial charge < -0.3 is 0 Å². The zero-order valence-corrected chi connectivity index (χ0v) is 29.1. The minimum atomic E-state index is -0.511. The minimum Gasteiger partial charge on any atom is -0.208 e. The molecular formula is C49H35N3. The SMILES string of the molecule is CC1(C)c2ccccc2-c2ccc(-c3nc(-c4ccccc4)nc(-c4ccc5c(c4)C(c4ccccc4)(c4ccccc4)c4ccccc4-5)n3)cc21. The maximum Gasteiger partial charge on any atom is 0.164 e. The largest absolute Gasteiger partial charge is 0.208 e. The van der Waals surface area contributed by atoms with Crippen LogP contribution >= 0.6 is 0 Å². The van der Waals surface area contributed by atoms with Crippen molar-refractivity contribution in [3.8, 4) is 56.4 Å². The Hall–Kier alpha value is -6.45. The maximum atomic E-state index is 5.27. The van der Waals surface area contributed by atoms with E-state index >= 15 is 0 Å². The molecule has 8 aromatic rings. The molecule has 1 aromatic heterocycles. The van der Waals surface area contributed by atoms with Gasteiger partial charge in [-0.15, -0.1) is 0 Å². The Morgan fingerprint density at radius 1 is 0.327 bits per heavy atom. The highest BCUT2D eigenvalue weighted by Crippen LogP contribution is 2.56. The van der Waals surface area contributed by atoms with E-state index in [4.69, 9.17) is 15.0 Å². The van der Waals surface area contributed by atoms with Gasteiger partial charge in [0.1, 0.15) is 0 Å². The number of rotatable bonds is 5. The molecule has 7 aromatic carbocycles. The first-order valence-electron chi connectivity index (χ1n) is 18.0. The second kappa shape index (κ2) is 11.5. The first kappa shape index (κ1) is 30.4. The van der Waals surface area contributed by atoms with Crippen LogP contribution in [-0.4, -0.2) is 15.0 Å². The van der Waals surface area contributed by atoms with Gasteiger partial charge in [0.15, 0.2) is 17.5 Å². The highest BCUT2D eigenvalue weighted by Gasteiger charge is 2.46. The average molecular weight is 666 g/mol. The van der Waals surface area contributed by atoms with E-state index in [1.165, 1.54) is 55.6 Å². The lowest BCUT2D eigenvalue weighted by molar-refractivity contribution is 0.660. The fraction of sp³-hybridized carbons (Fsp3) is 0.0816. The minimum absolute atomic E-state index is 0.132. The zero-order chi connectivity index (χ0) is 34.9. The summed E-state index contributed by atoms with van der Waals surface area (Å²) in [6.07, 6.45) is 0. The van der Waals surface area contributed by atoms with Crippen LogP contribution in [0.3, 0.4) is 0 Å². The maximum absolute atomic E-state index is 5.27. The molecule has 3 heteroatoms. The third-order valence-electron chi connectivity index (χ3n) is 11.2. The summed E-state index contributed by atoms with van der Waals surface area (Å²) in [5.74, 6) is 1.98. The second-order valence-electron chi connectivity index (χ2n) is 14.4. The van der Waals surface area contributed by atoms with Crippen molar-refractivity contribution in [2.45, 2.75) is 24.7 Å². The van der Waals surface area contributed by atoms with E-state index in [0.717, 1.165) is 16.7 Å². The Bertz CT molecular complexity index is 2600. The van der Waals surface area contributed by atoms with Crippen LogP contribution in [0.5, 0.6) is 0 Å². The van der Waals surface area contributed by atoms with E-state index in [9.17, 15) is 0 Å². The Kier molecular flexibility index (Phi) is 6.74. The third kappa shape index (κ3) is 4.42.